The Labute approximate surface area is 150 Å². The first kappa shape index (κ1) is 19.3. The molecule has 140 valence electrons. The van der Waals surface area contributed by atoms with Gasteiger partial charge in [-0.3, -0.25) is 0 Å². The summed E-state index contributed by atoms with van der Waals surface area (Å²) in [6.45, 7) is 7.56. The lowest BCUT2D eigenvalue weighted by molar-refractivity contribution is 0.0502. The van der Waals surface area contributed by atoms with Gasteiger partial charge in [-0.05, 0) is 52.0 Å². The van der Waals surface area contributed by atoms with Crippen LogP contribution in [0.1, 0.15) is 64.1 Å². The number of rotatable bonds is 7. The van der Waals surface area contributed by atoms with Gasteiger partial charge in [0.25, 0.3) is 0 Å². The molecule has 1 aromatic heterocycles. The highest BCUT2D eigenvalue weighted by Crippen LogP contribution is 2.45. The van der Waals surface area contributed by atoms with Crippen LogP contribution in [0.2, 0.25) is 0 Å². The number of hydrogen-bond donors (Lipinski definition) is 1. The van der Waals surface area contributed by atoms with Gasteiger partial charge in [0.2, 0.25) is 5.88 Å². The van der Waals surface area contributed by atoms with Crippen molar-refractivity contribution in [1.29, 1.82) is 0 Å². The molecule has 1 fully saturated rings. The number of carbonyl (C=O) groups is 1. The number of carbonyl (C=O) groups excluding carboxylic acids is 1. The fourth-order valence-electron chi connectivity index (χ4n) is 2.71. The standard InChI is InChI=1S/C19H30N2O4/c1-7-13(20-18(22)25-19(2,3)4)10-15-16(23-5)11-14(12-8-9-12)17(21-15)24-6/h11-13H,7-10H2,1-6H3,(H,20,22). The van der Waals surface area contributed by atoms with Gasteiger partial charge in [0.15, 0.2) is 0 Å². The monoisotopic (exact) mass is 350 g/mol. The summed E-state index contributed by atoms with van der Waals surface area (Å²) in [4.78, 5) is 16.7. The Kier molecular flexibility index (Phi) is 6.14. The van der Waals surface area contributed by atoms with E-state index < -0.39 is 11.7 Å². The second-order valence-corrected chi connectivity index (χ2v) is 7.47. The van der Waals surface area contributed by atoms with Crippen molar-refractivity contribution in [2.45, 2.75) is 70.9 Å². The first-order chi connectivity index (χ1) is 11.8. The zero-order valence-corrected chi connectivity index (χ0v) is 16.1. The predicted molar refractivity (Wildman–Crippen MR) is 96.5 cm³/mol. The third kappa shape index (κ3) is 5.51. The third-order valence-electron chi connectivity index (χ3n) is 4.14. The first-order valence-electron chi connectivity index (χ1n) is 8.88. The second-order valence-electron chi connectivity index (χ2n) is 7.47. The maximum absolute atomic E-state index is 12.0. The number of amides is 1. The molecule has 0 radical (unpaired) electrons. The maximum Gasteiger partial charge on any atom is 0.407 e. The summed E-state index contributed by atoms with van der Waals surface area (Å²) in [6, 6.07) is 1.94. The van der Waals surface area contributed by atoms with Crippen LogP contribution in [0.15, 0.2) is 6.07 Å². The highest BCUT2D eigenvalue weighted by Gasteiger charge is 2.29. The molecule has 25 heavy (non-hydrogen) atoms. The molecule has 1 unspecified atom stereocenters. The summed E-state index contributed by atoms with van der Waals surface area (Å²) in [6.07, 6.45) is 3.23. The number of nitrogens with one attached hydrogen (secondary N) is 1. The lowest BCUT2D eigenvalue weighted by atomic mass is 10.1. The van der Waals surface area contributed by atoms with E-state index in [2.05, 4.69) is 10.3 Å². The number of pyridine rings is 1. The van der Waals surface area contributed by atoms with Gasteiger partial charge in [-0.15, -0.1) is 0 Å². The Morgan fingerprint density at radius 2 is 2.00 bits per heavy atom. The molecular formula is C19H30N2O4. The summed E-state index contributed by atoms with van der Waals surface area (Å²) in [5.74, 6) is 1.92. The first-order valence-corrected chi connectivity index (χ1v) is 8.88. The van der Waals surface area contributed by atoms with Crippen molar-refractivity contribution in [3.8, 4) is 11.6 Å². The molecule has 1 heterocycles. The van der Waals surface area contributed by atoms with E-state index >= 15 is 0 Å². The van der Waals surface area contributed by atoms with Crippen LogP contribution in [0, 0.1) is 0 Å². The van der Waals surface area contributed by atoms with Crippen molar-refractivity contribution in [1.82, 2.24) is 10.3 Å². The average Bonchev–Trinajstić information content (AvgIpc) is 3.36. The minimum Gasteiger partial charge on any atom is -0.495 e. The third-order valence-corrected chi connectivity index (χ3v) is 4.14. The number of nitrogens with zero attached hydrogens (tertiary/aromatic N) is 1. The maximum atomic E-state index is 12.0. The molecule has 0 aliphatic heterocycles. The van der Waals surface area contributed by atoms with E-state index in [9.17, 15) is 4.79 Å². The zero-order valence-electron chi connectivity index (χ0n) is 16.1. The molecule has 1 aliphatic rings. The van der Waals surface area contributed by atoms with E-state index in [1.54, 1.807) is 14.2 Å². The molecule has 1 aliphatic carbocycles. The van der Waals surface area contributed by atoms with Gasteiger partial charge in [0.1, 0.15) is 11.4 Å². The minimum absolute atomic E-state index is 0.0901. The molecule has 1 saturated carbocycles. The molecule has 0 saturated heterocycles. The van der Waals surface area contributed by atoms with E-state index in [1.165, 1.54) is 12.8 Å². The van der Waals surface area contributed by atoms with Gasteiger partial charge >= 0.3 is 6.09 Å². The molecular weight excluding hydrogens is 320 g/mol. The Bertz CT molecular complexity index is 606. The van der Waals surface area contributed by atoms with Crippen molar-refractivity contribution >= 4 is 6.09 Å². The summed E-state index contributed by atoms with van der Waals surface area (Å²) in [5, 5.41) is 2.91. The molecule has 0 bridgehead atoms. The van der Waals surface area contributed by atoms with Gasteiger partial charge in [-0.1, -0.05) is 6.92 Å². The Morgan fingerprint density at radius 1 is 1.32 bits per heavy atom. The molecule has 6 heteroatoms. The molecule has 1 aromatic rings. The predicted octanol–water partition coefficient (Wildman–Crippen LogP) is 3.82. The number of hydrogen-bond acceptors (Lipinski definition) is 5. The smallest absolute Gasteiger partial charge is 0.407 e. The number of alkyl carbamates (subject to hydrolysis) is 1. The molecule has 2 rings (SSSR count). The topological polar surface area (TPSA) is 69.7 Å². The highest BCUT2D eigenvalue weighted by atomic mass is 16.6. The zero-order chi connectivity index (χ0) is 18.6. The Morgan fingerprint density at radius 3 is 2.48 bits per heavy atom. The molecule has 1 atom stereocenters. The molecule has 1 amide bonds. The van der Waals surface area contributed by atoms with Crippen LogP contribution in [-0.4, -0.2) is 36.9 Å². The molecule has 0 spiro atoms. The quantitative estimate of drug-likeness (QED) is 0.809. The summed E-state index contributed by atoms with van der Waals surface area (Å²) in [5.41, 5.74) is 1.37. The van der Waals surface area contributed by atoms with Crippen molar-refractivity contribution in [3.63, 3.8) is 0 Å². The van der Waals surface area contributed by atoms with Crippen LogP contribution in [0.5, 0.6) is 11.6 Å². The average molecular weight is 350 g/mol. The van der Waals surface area contributed by atoms with Gasteiger partial charge in [0, 0.05) is 18.0 Å². The van der Waals surface area contributed by atoms with E-state index in [4.69, 9.17) is 14.2 Å². The summed E-state index contributed by atoms with van der Waals surface area (Å²) >= 11 is 0. The molecule has 1 N–H and O–H groups in total. The summed E-state index contributed by atoms with van der Waals surface area (Å²) < 4.78 is 16.3. The SMILES string of the molecule is CCC(Cc1nc(OC)c(C2CC2)cc1OC)NC(=O)OC(C)(C)C. The van der Waals surface area contributed by atoms with Crippen molar-refractivity contribution in [2.24, 2.45) is 0 Å². The minimum atomic E-state index is -0.520. The fourth-order valence-corrected chi connectivity index (χ4v) is 2.71. The van der Waals surface area contributed by atoms with Crippen molar-refractivity contribution < 1.29 is 19.0 Å². The van der Waals surface area contributed by atoms with Crippen LogP contribution in [0.25, 0.3) is 0 Å². The Hall–Kier alpha value is -1.98. The van der Waals surface area contributed by atoms with Crippen LogP contribution in [0.3, 0.4) is 0 Å². The normalized spacial score (nSPS) is 15.4. The lowest BCUT2D eigenvalue weighted by Crippen LogP contribution is -2.40. The Balaban J connectivity index is 2.14. The van der Waals surface area contributed by atoms with Gasteiger partial charge in [-0.25, -0.2) is 9.78 Å². The van der Waals surface area contributed by atoms with E-state index in [1.807, 2.05) is 33.8 Å². The number of ether oxygens (including phenoxy) is 3. The van der Waals surface area contributed by atoms with Crippen LogP contribution in [-0.2, 0) is 11.2 Å². The van der Waals surface area contributed by atoms with Crippen LogP contribution < -0.4 is 14.8 Å². The largest absolute Gasteiger partial charge is 0.495 e. The van der Waals surface area contributed by atoms with Gasteiger partial charge < -0.3 is 19.5 Å². The lowest BCUT2D eigenvalue weighted by Gasteiger charge is -2.23. The van der Waals surface area contributed by atoms with Crippen LogP contribution >= 0.6 is 0 Å². The molecule has 0 aromatic carbocycles. The van der Waals surface area contributed by atoms with Crippen molar-refractivity contribution in [3.05, 3.63) is 17.3 Å². The molecule has 6 nitrogen and oxygen atoms in total. The fraction of sp³-hybridized carbons (Fsp3) is 0.684. The number of methoxy groups -OCH3 is 2. The van der Waals surface area contributed by atoms with E-state index in [0.29, 0.717) is 18.2 Å². The van der Waals surface area contributed by atoms with Crippen molar-refractivity contribution in [2.75, 3.05) is 14.2 Å². The van der Waals surface area contributed by atoms with E-state index in [0.717, 1.165) is 23.4 Å². The van der Waals surface area contributed by atoms with Gasteiger partial charge in [-0.2, -0.15) is 0 Å². The van der Waals surface area contributed by atoms with E-state index in [-0.39, 0.29) is 6.04 Å². The number of aromatic nitrogens is 1. The van der Waals surface area contributed by atoms with Crippen LogP contribution in [0.4, 0.5) is 4.79 Å². The highest BCUT2D eigenvalue weighted by molar-refractivity contribution is 5.68. The summed E-state index contributed by atoms with van der Waals surface area (Å²) in [7, 11) is 3.28. The second kappa shape index (κ2) is 7.93. The van der Waals surface area contributed by atoms with Gasteiger partial charge in [0.05, 0.1) is 19.9 Å².